The molecule has 4 nitrogen and oxygen atoms in total. The van der Waals surface area contributed by atoms with E-state index in [2.05, 4.69) is 5.32 Å². The summed E-state index contributed by atoms with van der Waals surface area (Å²) in [5, 5.41) is 21.3. The summed E-state index contributed by atoms with van der Waals surface area (Å²) in [6, 6.07) is 17.9. The van der Waals surface area contributed by atoms with Gasteiger partial charge in [0.05, 0.1) is 12.6 Å². The number of carbonyl (C=O) groups is 1. The first-order valence-corrected chi connectivity index (χ1v) is 6.42. The predicted molar refractivity (Wildman–Crippen MR) is 76.4 cm³/mol. The molecule has 0 radical (unpaired) electrons. The Morgan fingerprint density at radius 1 is 0.950 bits per heavy atom. The Kier molecular flexibility index (Phi) is 4.87. The van der Waals surface area contributed by atoms with E-state index in [1.54, 1.807) is 0 Å². The number of aliphatic carboxylic acids is 1. The highest BCUT2D eigenvalue weighted by Crippen LogP contribution is 2.22. The number of hydrogen-bond acceptors (Lipinski definition) is 3. The van der Waals surface area contributed by atoms with Gasteiger partial charge in [0.1, 0.15) is 6.04 Å². The molecule has 1 atom stereocenters. The van der Waals surface area contributed by atoms with Crippen LogP contribution in [0.25, 0.3) is 0 Å². The van der Waals surface area contributed by atoms with E-state index in [0.29, 0.717) is 0 Å². The van der Waals surface area contributed by atoms with Crippen LogP contribution in [-0.2, 0) is 4.79 Å². The van der Waals surface area contributed by atoms with Crippen molar-refractivity contribution in [3.05, 3.63) is 71.8 Å². The minimum absolute atomic E-state index is 0.273. The minimum atomic E-state index is -1.07. The van der Waals surface area contributed by atoms with Crippen molar-refractivity contribution in [1.29, 1.82) is 0 Å². The normalized spacial score (nSPS) is 12.3. The van der Waals surface area contributed by atoms with Crippen molar-refractivity contribution >= 4 is 5.97 Å². The van der Waals surface area contributed by atoms with Crippen molar-refractivity contribution in [2.45, 2.75) is 12.1 Å². The van der Waals surface area contributed by atoms with E-state index < -0.39 is 18.6 Å². The third kappa shape index (κ3) is 3.44. The molecule has 0 fully saturated rings. The van der Waals surface area contributed by atoms with Crippen LogP contribution in [0.4, 0.5) is 0 Å². The number of carboxylic acids is 1. The van der Waals surface area contributed by atoms with Crippen LogP contribution >= 0.6 is 0 Å². The van der Waals surface area contributed by atoms with Crippen molar-refractivity contribution in [1.82, 2.24) is 5.32 Å². The monoisotopic (exact) mass is 271 g/mol. The number of benzene rings is 2. The fourth-order valence-corrected chi connectivity index (χ4v) is 2.08. The number of nitrogens with one attached hydrogen (secondary N) is 1. The summed E-state index contributed by atoms with van der Waals surface area (Å²) in [6.07, 6.45) is 0. The average molecular weight is 271 g/mol. The lowest BCUT2D eigenvalue weighted by Gasteiger charge is -2.23. The fourth-order valence-electron chi connectivity index (χ4n) is 2.08. The fraction of sp³-hybridized carbons (Fsp3) is 0.188. The molecular weight excluding hydrogens is 254 g/mol. The van der Waals surface area contributed by atoms with Gasteiger partial charge < -0.3 is 10.2 Å². The van der Waals surface area contributed by atoms with Gasteiger partial charge in [0.25, 0.3) is 0 Å². The van der Waals surface area contributed by atoms with Crippen LogP contribution in [0.2, 0.25) is 0 Å². The molecule has 2 aromatic rings. The summed E-state index contributed by atoms with van der Waals surface area (Å²) in [7, 11) is 0. The standard InChI is InChI=1S/C16H17NO3/c18-11-14(16(19)20)17-15(12-7-3-1-4-8-12)13-9-5-2-6-10-13/h1-10,14-15,17-18H,11H2,(H,19,20)/t14-/m0/s1. The van der Waals surface area contributed by atoms with Crippen LogP contribution in [0.1, 0.15) is 17.2 Å². The molecule has 0 spiro atoms. The van der Waals surface area contributed by atoms with Gasteiger partial charge in [-0.3, -0.25) is 10.1 Å². The van der Waals surface area contributed by atoms with E-state index in [-0.39, 0.29) is 6.04 Å². The number of hydrogen-bond donors (Lipinski definition) is 3. The molecule has 0 saturated carbocycles. The first kappa shape index (κ1) is 14.2. The minimum Gasteiger partial charge on any atom is -0.480 e. The van der Waals surface area contributed by atoms with E-state index in [1.807, 2.05) is 60.7 Å². The molecule has 0 aliphatic rings. The molecule has 2 aromatic carbocycles. The number of aliphatic hydroxyl groups is 1. The Morgan fingerprint density at radius 2 is 1.40 bits per heavy atom. The van der Waals surface area contributed by atoms with E-state index in [4.69, 9.17) is 5.11 Å². The van der Waals surface area contributed by atoms with Gasteiger partial charge >= 0.3 is 5.97 Å². The average Bonchev–Trinajstić information content (AvgIpc) is 2.50. The zero-order valence-electron chi connectivity index (χ0n) is 10.9. The summed E-state index contributed by atoms with van der Waals surface area (Å²) in [6.45, 7) is -0.453. The summed E-state index contributed by atoms with van der Waals surface area (Å²) < 4.78 is 0. The Bertz CT molecular complexity index is 503. The van der Waals surface area contributed by atoms with E-state index in [1.165, 1.54) is 0 Å². The smallest absolute Gasteiger partial charge is 0.323 e. The highest BCUT2D eigenvalue weighted by molar-refractivity contribution is 5.73. The first-order chi connectivity index (χ1) is 9.72. The second-order valence-electron chi connectivity index (χ2n) is 4.49. The third-order valence-electron chi connectivity index (χ3n) is 3.11. The van der Waals surface area contributed by atoms with Crippen LogP contribution in [0.3, 0.4) is 0 Å². The molecule has 4 heteroatoms. The predicted octanol–water partition coefficient (Wildman–Crippen LogP) is 1.81. The van der Waals surface area contributed by atoms with E-state index in [9.17, 15) is 9.90 Å². The maximum absolute atomic E-state index is 11.1. The lowest BCUT2D eigenvalue weighted by atomic mass is 9.98. The molecule has 20 heavy (non-hydrogen) atoms. The van der Waals surface area contributed by atoms with Crippen LogP contribution in [0.15, 0.2) is 60.7 Å². The second kappa shape index (κ2) is 6.84. The molecular formula is C16H17NO3. The molecule has 0 amide bonds. The maximum Gasteiger partial charge on any atom is 0.323 e. The van der Waals surface area contributed by atoms with Crippen LogP contribution in [-0.4, -0.2) is 28.8 Å². The number of carboxylic acid groups (broad SMARTS) is 1. The van der Waals surface area contributed by atoms with E-state index >= 15 is 0 Å². The van der Waals surface area contributed by atoms with Crippen LogP contribution < -0.4 is 5.32 Å². The molecule has 0 aliphatic heterocycles. The highest BCUT2D eigenvalue weighted by atomic mass is 16.4. The maximum atomic E-state index is 11.1. The number of rotatable bonds is 6. The molecule has 0 heterocycles. The Morgan fingerprint density at radius 3 is 1.75 bits per heavy atom. The molecule has 0 aromatic heterocycles. The molecule has 0 bridgehead atoms. The quantitative estimate of drug-likeness (QED) is 0.749. The van der Waals surface area contributed by atoms with Crippen LogP contribution in [0, 0.1) is 0 Å². The van der Waals surface area contributed by atoms with Crippen molar-refractivity contribution in [3.8, 4) is 0 Å². The number of aliphatic hydroxyl groups excluding tert-OH is 1. The summed E-state index contributed by atoms with van der Waals surface area (Å²) in [5.41, 5.74) is 1.91. The van der Waals surface area contributed by atoms with Crippen molar-refractivity contribution in [2.75, 3.05) is 6.61 Å². The SMILES string of the molecule is O=C(O)[C@H](CO)NC(c1ccccc1)c1ccccc1. The molecule has 0 saturated heterocycles. The van der Waals surface area contributed by atoms with Crippen LogP contribution in [0.5, 0.6) is 0 Å². The lowest BCUT2D eigenvalue weighted by Crippen LogP contribution is -2.42. The molecule has 104 valence electrons. The summed E-state index contributed by atoms with van der Waals surface area (Å²) in [4.78, 5) is 11.1. The van der Waals surface area contributed by atoms with Gasteiger partial charge in [0, 0.05) is 0 Å². The van der Waals surface area contributed by atoms with Gasteiger partial charge in [-0.15, -0.1) is 0 Å². The summed E-state index contributed by atoms with van der Waals surface area (Å²) in [5.74, 6) is -1.07. The topological polar surface area (TPSA) is 69.6 Å². The van der Waals surface area contributed by atoms with Crippen molar-refractivity contribution in [2.24, 2.45) is 0 Å². The molecule has 0 aliphatic carbocycles. The molecule has 2 rings (SSSR count). The Balaban J connectivity index is 2.32. The van der Waals surface area contributed by atoms with Gasteiger partial charge in [-0.25, -0.2) is 0 Å². The van der Waals surface area contributed by atoms with Gasteiger partial charge in [0.2, 0.25) is 0 Å². The highest BCUT2D eigenvalue weighted by Gasteiger charge is 2.22. The van der Waals surface area contributed by atoms with Crippen molar-refractivity contribution in [3.63, 3.8) is 0 Å². The second-order valence-corrected chi connectivity index (χ2v) is 4.49. The van der Waals surface area contributed by atoms with Gasteiger partial charge in [-0.2, -0.15) is 0 Å². The lowest BCUT2D eigenvalue weighted by molar-refractivity contribution is -0.140. The Hall–Kier alpha value is -2.17. The zero-order chi connectivity index (χ0) is 14.4. The summed E-state index contributed by atoms with van der Waals surface area (Å²) >= 11 is 0. The Labute approximate surface area is 117 Å². The first-order valence-electron chi connectivity index (χ1n) is 6.42. The van der Waals surface area contributed by atoms with Crippen molar-refractivity contribution < 1.29 is 15.0 Å². The largest absolute Gasteiger partial charge is 0.480 e. The van der Waals surface area contributed by atoms with Gasteiger partial charge in [-0.1, -0.05) is 60.7 Å². The van der Waals surface area contributed by atoms with E-state index in [0.717, 1.165) is 11.1 Å². The molecule has 3 N–H and O–H groups in total. The van der Waals surface area contributed by atoms with Gasteiger partial charge in [0.15, 0.2) is 0 Å². The zero-order valence-corrected chi connectivity index (χ0v) is 10.9. The van der Waals surface area contributed by atoms with Gasteiger partial charge in [-0.05, 0) is 11.1 Å². The third-order valence-corrected chi connectivity index (χ3v) is 3.11. The molecule has 0 unspecified atom stereocenters.